The summed E-state index contributed by atoms with van der Waals surface area (Å²) in [5.74, 6) is 5.81. The van der Waals surface area contributed by atoms with Crippen molar-refractivity contribution in [1.82, 2.24) is 0 Å². The van der Waals surface area contributed by atoms with Gasteiger partial charge in [0.2, 0.25) is 0 Å². The Morgan fingerprint density at radius 3 is 0.686 bits per heavy atom. The summed E-state index contributed by atoms with van der Waals surface area (Å²) in [7, 11) is 0. The molecule has 0 unspecified atom stereocenters. The van der Waals surface area contributed by atoms with Crippen LogP contribution in [0.5, 0.6) is 0 Å². The van der Waals surface area contributed by atoms with Crippen molar-refractivity contribution in [2.24, 2.45) is 46.3 Å². The smallest absolute Gasteiger partial charge is 0.0107 e. The summed E-state index contributed by atoms with van der Waals surface area (Å²) in [5, 5.41) is 26.8. The standard InChI is InChI=1S/2C48H39.2CH3.2ClH.Si.Zr/c2*1-5-13-38-34(9-1)24-35-10-2-6-14-39(35)46(38)42-17-18-43(47-40-15-7-3-11-36(40)25-37-12-4-8-16-41(37)47)45-23-33(22-44(42)45)29-48-26-30-19-31(27-48)21-32(20-30)28-48;;;;;;/h2*1-18,22-25,30-32H,19-21,26-29H2;2*1H3;2*1H;;/q4*-1;;;;/p-2. The molecule has 16 aromatic carbocycles. The number of halogens is 2. The van der Waals surface area contributed by atoms with Crippen LogP contribution >= 0.6 is 0 Å². The van der Waals surface area contributed by atoms with Gasteiger partial charge in [-0.15, -0.1) is 44.8 Å². The molecule has 0 aliphatic heterocycles. The van der Waals surface area contributed by atoms with Crippen molar-refractivity contribution in [1.29, 1.82) is 0 Å². The van der Waals surface area contributed by atoms with Crippen LogP contribution in [0.4, 0.5) is 0 Å². The van der Waals surface area contributed by atoms with Gasteiger partial charge in [-0.2, -0.15) is 12.1 Å². The predicted molar refractivity (Wildman–Crippen MR) is 428 cm³/mol. The van der Waals surface area contributed by atoms with Crippen LogP contribution in [0.15, 0.2) is 267 Å². The van der Waals surface area contributed by atoms with Gasteiger partial charge in [-0.1, -0.05) is 241 Å². The first kappa shape index (κ1) is 68.5. The van der Waals surface area contributed by atoms with Crippen LogP contribution in [0, 0.1) is 61.2 Å². The molecule has 0 saturated heterocycles. The minimum atomic E-state index is 0. The third kappa shape index (κ3) is 11.5. The minimum Gasteiger partial charge on any atom is -0.164 e. The summed E-state index contributed by atoms with van der Waals surface area (Å²) in [6.07, 6.45) is 20.1. The van der Waals surface area contributed by atoms with Gasteiger partial charge in [-0.3, -0.25) is 0 Å². The maximum Gasteiger partial charge on any atom is -0.0107 e. The van der Waals surface area contributed by atoms with Crippen LogP contribution in [0.1, 0.15) is 88.2 Å². The normalized spacial score (nSPS) is 22.0. The molecule has 8 saturated carbocycles. The Kier molecular flexibility index (Phi) is 18.3. The molecule has 8 fully saturated rings. The van der Waals surface area contributed by atoms with E-state index >= 15 is 0 Å². The Bertz CT molecular complexity index is 4960. The van der Waals surface area contributed by atoms with Crippen molar-refractivity contribution in [2.45, 2.75) is 89.9 Å². The zero-order valence-electron chi connectivity index (χ0n) is 58.5. The van der Waals surface area contributed by atoms with Crippen LogP contribution in [-0.2, 0) is 36.2 Å². The van der Waals surface area contributed by atoms with Gasteiger partial charge in [0.25, 0.3) is 0 Å². The zero-order chi connectivity index (χ0) is 64.8. The van der Waals surface area contributed by atoms with Crippen molar-refractivity contribution >= 4 is 115 Å². The van der Waals surface area contributed by atoms with Gasteiger partial charge in [-0.25, -0.2) is 0 Å². The Labute approximate surface area is 631 Å². The number of hydrogen-bond donors (Lipinski definition) is 0. The van der Waals surface area contributed by atoms with E-state index in [9.17, 15) is 0 Å². The van der Waals surface area contributed by atoms with Gasteiger partial charge in [0.1, 0.15) is 0 Å². The van der Waals surface area contributed by atoms with Crippen LogP contribution in [-0.4, -0.2) is 6.88 Å². The van der Waals surface area contributed by atoms with Gasteiger partial charge in [0.15, 0.2) is 0 Å². The van der Waals surface area contributed by atoms with E-state index in [1.165, 1.54) is 265 Å². The fourth-order valence-electron chi connectivity index (χ4n) is 22.9. The third-order valence-electron chi connectivity index (χ3n) is 25.5. The van der Waals surface area contributed by atoms with Crippen LogP contribution < -0.4 is 24.8 Å². The largest absolute Gasteiger partial charge is 0.164 e. The fourth-order valence-corrected chi connectivity index (χ4v) is 22.9. The Balaban J connectivity index is 0.000000149. The van der Waals surface area contributed by atoms with Gasteiger partial charge in [-0.05, 0) is 269 Å². The summed E-state index contributed by atoms with van der Waals surface area (Å²) in [4.78, 5) is 0. The minimum absolute atomic E-state index is 0. The van der Waals surface area contributed by atoms with E-state index < -0.39 is 0 Å². The molecule has 2 radical (unpaired) electrons. The Morgan fingerprint density at radius 2 is 0.461 bits per heavy atom. The average molecular weight is 1450 g/mol. The van der Waals surface area contributed by atoms with E-state index in [-0.39, 0.29) is 39.7 Å². The molecule has 24 rings (SSSR count). The first-order chi connectivity index (χ1) is 48.4. The summed E-state index contributed by atoms with van der Waals surface area (Å²) in [6, 6.07) is 102. The van der Waals surface area contributed by atoms with Crippen molar-refractivity contribution in [3.05, 3.63) is 293 Å². The van der Waals surface area contributed by atoms with Crippen molar-refractivity contribution < 1.29 is 48.1 Å². The fraction of sp³-hybridized carbons (Fsp3) is 0.224. The first-order valence-corrected chi connectivity index (χ1v) is 40.9. The second-order valence-electron chi connectivity index (χ2n) is 31.7. The van der Waals surface area contributed by atoms with E-state index in [2.05, 4.69) is 274 Å². The molecule has 0 atom stereocenters. The average Bonchev–Trinajstić information content (AvgIpc) is 1.42. The van der Waals surface area contributed by atoms with E-state index in [0.717, 1.165) is 35.5 Å². The van der Waals surface area contributed by atoms with E-state index in [1.807, 2.05) is 0 Å². The molecule has 504 valence electrons. The quantitative estimate of drug-likeness (QED) is 0.0808. The molecule has 0 amide bonds. The molecule has 0 N–H and O–H groups in total. The summed E-state index contributed by atoms with van der Waals surface area (Å²) in [5.41, 5.74) is 15.0. The molecule has 0 heterocycles. The van der Waals surface area contributed by atoms with Crippen LogP contribution in [0.3, 0.4) is 0 Å². The second kappa shape index (κ2) is 27.3. The van der Waals surface area contributed by atoms with E-state index in [4.69, 9.17) is 0 Å². The molecule has 4 heteroatoms. The molecule has 102 heavy (non-hydrogen) atoms. The molecule has 0 aromatic heterocycles. The Hall–Kier alpha value is -7.94. The van der Waals surface area contributed by atoms with Gasteiger partial charge in [0, 0.05) is 0 Å². The molecule has 0 nitrogen and oxygen atoms in total. The molecule has 8 aliphatic rings. The van der Waals surface area contributed by atoms with Gasteiger partial charge < -0.3 is 39.7 Å². The molecule has 8 bridgehead atoms. The van der Waals surface area contributed by atoms with Crippen molar-refractivity contribution in [3.63, 3.8) is 0 Å². The summed E-state index contributed by atoms with van der Waals surface area (Å²) in [6.45, 7) is 3.06. The zero-order valence-corrected chi connectivity index (χ0v) is 63.5. The van der Waals surface area contributed by atoms with E-state index in [1.54, 1.807) is 11.1 Å². The second-order valence-corrected chi connectivity index (χ2v) is 31.7. The molecule has 16 aromatic rings. The monoisotopic (exact) mass is 1450 g/mol. The molecule has 0 spiro atoms. The van der Waals surface area contributed by atoms with E-state index in [0.29, 0.717) is 10.8 Å². The van der Waals surface area contributed by atoms with Crippen molar-refractivity contribution in [3.8, 4) is 44.5 Å². The van der Waals surface area contributed by atoms with Gasteiger partial charge in [0.05, 0.1) is 0 Å². The van der Waals surface area contributed by atoms with Gasteiger partial charge >= 0.3 is 30.2 Å². The number of hydrogen-bond acceptors (Lipinski definition) is 0. The maximum atomic E-state index is 3.06. The number of fused-ring (bicyclic) bond motifs is 10. The van der Waals surface area contributed by atoms with Crippen molar-refractivity contribution in [2.75, 3.05) is 0 Å². The Morgan fingerprint density at radius 1 is 0.265 bits per heavy atom. The van der Waals surface area contributed by atoms with Crippen LogP contribution in [0.2, 0.25) is 0 Å². The third-order valence-corrected chi connectivity index (χ3v) is 25.5. The number of benzene rings is 14. The first-order valence-electron chi connectivity index (χ1n) is 36.7. The summed E-state index contributed by atoms with van der Waals surface area (Å²) < 4.78 is 0. The molecular formula is C98H84Cl2SiZr-6. The van der Waals surface area contributed by atoms with Crippen LogP contribution in [0.25, 0.3) is 152 Å². The predicted octanol–water partition coefficient (Wildman–Crippen LogP) is 21.1. The number of rotatable bonds is 8. The summed E-state index contributed by atoms with van der Waals surface area (Å²) >= 11 is 1.36. The molecular weight excluding hydrogens is 1370 g/mol. The molecule has 8 aliphatic carbocycles. The SMILES string of the molecule is [CH3-].[CH3-].[Cl-].[Cl-].[Si]=[Zr].c1ccc2c(-c3ccc(-c4c5ccccc5cc5ccccc45)c4[cH-]c(CC56CC7CC(CC(C7)C5)C6)cc34)c3ccccc3cc2c1.c1ccc2c(-c3ccc(-c4c5ccccc5cc5ccccc45)c4[cH-]c(CC56CC7CC(CC(C7)C5)C6)cc34)c3ccccc3cc2c1. The topological polar surface area (TPSA) is 0 Å². The maximum absolute atomic E-state index is 3.06.